The van der Waals surface area contributed by atoms with Crippen LogP contribution in [0.25, 0.3) is 0 Å². The molecular formula is C22H34N4O4+4. The van der Waals surface area contributed by atoms with E-state index in [4.69, 9.17) is 9.68 Å². The highest BCUT2D eigenvalue weighted by Crippen LogP contribution is 2.22. The van der Waals surface area contributed by atoms with Crippen molar-refractivity contribution in [1.82, 2.24) is 0 Å². The lowest BCUT2D eigenvalue weighted by atomic mass is 10.1. The van der Waals surface area contributed by atoms with Crippen LogP contribution in [0.1, 0.15) is 47.4 Å². The molecule has 30 heavy (non-hydrogen) atoms. The number of hydroxylamine groups is 6. The lowest BCUT2D eigenvalue weighted by molar-refractivity contribution is -0.999. The third-order valence-corrected chi connectivity index (χ3v) is 6.27. The number of hydrogen-bond donors (Lipinski definition) is 0. The van der Waals surface area contributed by atoms with E-state index in [0.29, 0.717) is 13.1 Å². The molecule has 0 spiro atoms. The van der Waals surface area contributed by atoms with Gasteiger partial charge in [0.05, 0.1) is 24.0 Å². The van der Waals surface area contributed by atoms with Gasteiger partial charge in [-0.05, 0) is 35.3 Å². The number of carbonyl (C=O) groups excluding carboxylic acids is 2. The average Bonchev–Trinajstić information content (AvgIpc) is 3.15. The number of quaternary nitrogens is 2. The standard InChI is InChI=1S/C22H34N4O4/c1-7-19-23(3)13-15-25(19,5)29-21(27)17-11-9-10-12-18(17)22(28)30-26(6)16-14-24(4)20(26)8-2/h9-12H,7-8,13-16H2,1-6H3/q+4. The summed E-state index contributed by atoms with van der Waals surface area (Å²) in [6.45, 7) is 7.07. The molecule has 0 bridgehead atoms. The van der Waals surface area contributed by atoms with Gasteiger partial charge in [-0.3, -0.25) is 9.68 Å². The molecule has 1 aromatic rings. The summed E-state index contributed by atoms with van der Waals surface area (Å²) in [4.78, 5) is 38.0. The van der Waals surface area contributed by atoms with E-state index in [1.807, 2.05) is 42.0 Å². The van der Waals surface area contributed by atoms with E-state index < -0.39 is 11.9 Å². The first-order valence-corrected chi connectivity index (χ1v) is 10.6. The van der Waals surface area contributed by atoms with Crippen LogP contribution in [0.4, 0.5) is 0 Å². The summed E-state index contributed by atoms with van der Waals surface area (Å²) < 4.78 is 4.43. The molecule has 0 saturated heterocycles. The Kier molecular flexibility index (Phi) is 6.10. The van der Waals surface area contributed by atoms with E-state index in [1.165, 1.54) is 0 Å². The number of nitrogens with zero attached hydrogens (tertiary/aromatic N) is 4. The lowest BCUT2D eigenvalue weighted by Crippen LogP contribution is -2.49. The van der Waals surface area contributed by atoms with Crippen LogP contribution in [0.2, 0.25) is 0 Å². The lowest BCUT2D eigenvalue weighted by Gasteiger charge is -2.24. The van der Waals surface area contributed by atoms with Crippen molar-refractivity contribution in [3.63, 3.8) is 0 Å². The van der Waals surface area contributed by atoms with Crippen LogP contribution < -0.4 is 0 Å². The van der Waals surface area contributed by atoms with Gasteiger partial charge >= 0.3 is 23.6 Å². The Bertz CT molecular complexity index is 864. The summed E-state index contributed by atoms with van der Waals surface area (Å²) in [6, 6.07) is 6.71. The SMILES string of the molecule is CCC1=[N+](C)CC[N+]1(C)OC(=O)c1ccccc1C(=O)O[N+]1(C)CC[N+](C)=C1CC. The minimum absolute atomic E-state index is 0.0988. The Morgan fingerprint density at radius 2 is 1.20 bits per heavy atom. The molecule has 0 aliphatic carbocycles. The summed E-state index contributed by atoms with van der Waals surface area (Å²) in [5.41, 5.74) is 0.452. The second-order valence-electron chi connectivity index (χ2n) is 8.33. The smallest absolute Gasteiger partial charge is 0.261 e. The fourth-order valence-electron chi connectivity index (χ4n) is 4.63. The molecule has 2 heterocycles. The van der Waals surface area contributed by atoms with Gasteiger partial charge in [0.1, 0.15) is 28.2 Å². The Morgan fingerprint density at radius 3 is 1.53 bits per heavy atom. The molecule has 0 radical (unpaired) electrons. The first-order chi connectivity index (χ1) is 14.1. The Labute approximate surface area is 178 Å². The van der Waals surface area contributed by atoms with Crippen molar-refractivity contribution in [2.75, 3.05) is 54.4 Å². The summed E-state index contributed by atoms with van der Waals surface area (Å²) in [6.07, 6.45) is 1.56. The van der Waals surface area contributed by atoms with Crippen molar-refractivity contribution in [2.24, 2.45) is 0 Å². The van der Waals surface area contributed by atoms with E-state index in [1.54, 1.807) is 24.3 Å². The van der Waals surface area contributed by atoms with Gasteiger partial charge in [0.2, 0.25) is 13.1 Å². The molecule has 0 N–H and O–H groups in total. The molecule has 2 aliphatic heterocycles. The van der Waals surface area contributed by atoms with Crippen LogP contribution in [0.5, 0.6) is 0 Å². The third kappa shape index (κ3) is 3.89. The van der Waals surface area contributed by atoms with Crippen LogP contribution in [-0.4, -0.2) is 96.4 Å². The number of amidine groups is 2. The summed E-state index contributed by atoms with van der Waals surface area (Å²) in [7, 11) is 7.77. The highest BCUT2D eigenvalue weighted by Gasteiger charge is 2.48. The van der Waals surface area contributed by atoms with Crippen LogP contribution in [0.15, 0.2) is 24.3 Å². The van der Waals surface area contributed by atoms with Crippen molar-refractivity contribution in [3.05, 3.63) is 35.4 Å². The van der Waals surface area contributed by atoms with Gasteiger partial charge in [0.15, 0.2) is 13.1 Å². The van der Waals surface area contributed by atoms with Gasteiger partial charge in [0.25, 0.3) is 0 Å². The molecule has 162 valence electrons. The Morgan fingerprint density at radius 1 is 0.833 bits per heavy atom. The van der Waals surface area contributed by atoms with Crippen molar-refractivity contribution >= 4 is 23.6 Å². The number of rotatable bonds is 6. The molecular weight excluding hydrogens is 384 g/mol. The van der Waals surface area contributed by atoms with Crippen LogP contribution in [-0.2, 0) is 9.68 Å². The minimum atomic E-state index is -0.521. The van der Waals surface area contributed by atoms with Crippen molar-refractivity contribution in [2.45, 2.75) is 26.7 Å². The summed E-state index contributed by atoms with van der Waals surface area (Å²) in [5, 5.41) is 0. The molecule has 2 unspecified atom stereocenters. The largest absolute Gasteiger partial charge is 0.399 e. The molecule has 0 aromatic heterocycles. The van der Waals surface area contributed by atoms with Gasteiger partial charge in [-0.25, -0.2) is 9.59 Å². The summed E-state index contributed by atoms with van der Waals surface area (Å²) >= 11 is 0. The zero-order valence-corrected chi connectivity index (χ0v) is 19.0. The first kappa shape index (κ1) is 22.1. The maximum absolute atomic E-state index is 13.1. The first-order valence-electron chi connectivity index (χ1n) is 10.6. The van der Waals surface area contributed by atoms with Crippen molar-refractivity contribution in [1.29, 1.82) is 0 Å². The quantitative estimate of drug-likeness (QED) is 0.521. The van der Waals surface area contributed by atoms with Gasteiger partial charge < -0.3 is 0 Å². The molecule has 2 atom stereocenters. The molecule has 3 rings (SSSR count). The number of hydrogen-bond acceptors (Lipinski definition) is 4. The van der Waals surface area contributed by atoms with Gasteiger partial charge in [-0.1, -0.05) is 12.1 Å². The Hall–Kier alpha value is -2.58. The molecule has 1 aromatic carbocycles. The fraction of sp³-hybridized carbons (Fsp3) is 0.545. The maximum atomic E-state index is 13.1. The van der Waals surface area contributed by atoms with Crippen molar-refractivity contribution in [3.8, 4) is 0 Å². The topological polar surface area (TPSA) is 58.6 Å². The predicted molar refractivity (Wildman–Crippen MR) is 112 cm³/mol. The number of benzene rings is 1. The number of carbonyl (C=O) groups is 2. The molecule has 2 aliphatic rings. The minimum Gasteiger partial charge on any atom is -0.261 e. The van der Waals surface area contributed by atoms with E-state index in [2.05, 4.69) is 9.15 Å². The number of likely N-dealkylation sites (N-methyl/N-ethyl adjacent to an activating group) is 4. The molecule has 8 nitrogen and oxygen atoms in total. The fourth-order valence-corrected chi connectivity index (χ4v) is 4.63. The third-order valence-electron chi connectivity index (χ3n) is 6.27. The van der Waals surface area contributed by atoms with E-state index >= 15 is 0 Å². The van der Waals surface area contributed by atoms with Gasteiger partial charge in [-0.15, -0.1) is 0 Å². The van der Waals surface area contributed by atoms with Crippen molar-refractivity contribution < 1.29 is 37.7 Å². The second kappa shape index (κ2) is 8.28. The maximum Gasteiger partial charge on any atom is 0.399 e. The zero-order chi connectivity index (χ0) is 22.1. The summed E-state index contributed by atoms with van der Waals surface area (Å²) in [5.74, 6) is 1.02. The highest BCUT2D eigenvalue weighted by atomic mass is 16.8. The average molecular weight is 419 g/mol. The van der Waals surface area contributed by atoms with Gasteiger partial charge in [-0.2, -0.15) is 9.15 Å². The van der Waals surface area contributed by atoms with E-state index in [-0.39, 0.29) is 20.4 Å². The normalized spacial score (nSPS) is 26.3. The highest BCUT2D eigenvalue weighted by molar-refractivity contribution is 6.03. The van der Waals surface area contributed by atoms with Gasteiger partial charge in [0, 0.05) is 0 Å². The zero-order valence-electron chi connectivity index (χ0n) is 19.0. The molecule has 8 heteroatoms. The molecule has 0 fully saturated rings. The van der Waals surface area contributed by atoms with E-state index in [0.717, 1.165) is 37.6 Å². The van der Waals surface area contributed by atoms with Crippen LogP contribution in [0, 0.1) is 0 Å². The van der Waals surface area contributed by atoms with E-state index in [9.17, 15) is 9.59 Å². The molecule has 0 saturated carbocycles. The second-order valence-corrected chi connectivity index (χ2v) is 8.33. The molecule has 0 amide bonds. The monoisotopic (exact) mass is 418 g/mol. The van der Waals surface area contributed by atoms with Crippen LogP contribution >= 0.6 is 0 Å². The Balaban J connectivity index is 1.84. The van der Waals surface area contributed by atoms with Crippen LogP contribution in [0.3, 0.4) is 0 Å². The predicted octanol–water partition coefficient (Wildman–Crippen LogP) is 1.65.